The molecule has 0 aliphatic carbocycles. The number of carbonyl (C=O) groups is 2. The van der Waals surface area contributed by atoms with Gasteiger partial charge in [0.05, 0.1) is 18.8 Å². The molecule has 3 aromatic rings. The van der Waals surface area contributed by atoms with Crippen LogP contribution in [0.15, 0.2) is 67.3 Å². The molecule has 7 nitrogen and oxygen atoms in total. The molecule has 0 spiro atoms. The summed E-state index contributed by atoms with van der Waals surface area (Å²) in [5.41, 5.74) is 8.13. The predicted molar refractivity (Wildman–Crippen MR) is 111 cm³/mol. The summed E-state index contributed by atoms with van der Waals surface area (Å²) in [6, 6.07) is 13.6. The Morgan fingerprint density at radius 3 is 2.48 bits per heavy atom. The zero-order chi connectivity index (χ0) is 20.6. The van der Waals surface area contributed by atoms with Gasteiger partial charge in [-0.1, -0.05) is 48.0 Å². The zero-order valence-electron chi connectivity index (χ0n) is 15.7. The number of amides is 3. The van der Waals surface area contributed by atoms with E-state index in [0.29, 0.717) is 18.1 Å². The van der Waals surface area contributed by atoms with Gasteiger partial charge in [-0.25, -0.2) is 9.78 Å². The second kappa shape index (κ2) is 9.75. The summed E-state index contributed by atoms with van der Waals surface area (Å²) < 4.78 is 1.97. The molecule has 0 aliphatic heterocycles. The van der Waals surface area contributed by atoms with E-state index >= 15 is 0 Å². The van der Waals surface area contributed by atoms with E-state index in [1.807, 2.05) is 35.0 Å². The van der Waals surface area contributed by atoms with Crippen LogP contribution < -0.4 is 16.4 Å². The smallest absolute Gasteiger partial charge is 0.312 e. The summed E-state index contributed by atoms with van der Waals surface area (Å²) in [5.74, 6) is -0.198. The summed E-state index contributed by atoms with van der Waals surface area (Å²) in [6.45, 7) is 1.05. The minimum atomic E-state index is -0.691. The van der Waals surface area contributed by atoms with Gasteiger partial charge in [-0.05, 0) is 28.8 Å². The Bertz CT molecular complexity index is 957. The second-order valence-electron chi connectivity index (χ2n) is 6.60. The van der Waals surface area contributed by atoms with Gasteiger partial charge in [0.25, 0.3) is 0 Å². The third kappa shape index (κ3) is 6.08. The fraction of sp³-hybridized carbons (Fsp3) is 0.190. The summed E-state index contributed by atoms with van der Waals surface area (Å²) in [6.07, 6.45) is 5.43. The van der Waals surface area contributed by atoms with Crippen LogP contribution in [-0.2, 0) is 17.9 Å². The highest BCUT2D eigenvalue weighted by molar-refractivity contribution is 6.30. The number of hydrogen-bond acceptors (Lipinski definition) is 3. The molecule has 1 aromatic heterocycles. The van der Waals surface area contributed by atoms with E-state index in [9.17, 15) is 9.59 Å². The molecule has 1 atom stereocenters. The number of urea groups is 1. The Morgan fingerprint density at radius 2 is 1.83 bits per heavy atom. The van der Waals surface area contributed by atoms with Gasteiger partial charge in [-0.15, -0.1) is 0 Å². The fourth-order valence-corrected chi connectivity index (χ4v) is 3.16. The van der Waals surface area contributed by atoms with Crippen molar-refractivity contribution in [1.82, 2.24) is 20.2 Å². The van der Waals surface area contributed by atoms with Crippen LogP contribution in [-0.4, -0.2) is 21.5 Å². The Labute approximate surface area is 173 Å². The number of halogens is 1. The molecule has 0 bridgehead atoms. The van der Waals surface area contributed by atoms with Gasteiger partial charge in [0.2, 0.25) is 5.91 Å². The average Bonchev–Trinajstić information content (AvgIpc) is 3.20. The van der Waals surface area contributed by atoms with Crippen molar-refractivity contribution in [3.05, 3.63) is 89.0 Å². The average molecular weight is 412 g/mol. The highest BCUT2D eigenvalue weighted by Crippen LogP contribution is 2.19. The van der Waals surface area contributed by atoms with E-state index in [1.54, 1.807) is 36.8 Å². The molecule has 0 saturated heterocycles. The molecule has 3 amide bonds. The number of nitrogens with one attached hydrogen (secondary N) is 2. The van der Waals surface area contributed by atoms with Crippen molar-refractivity contribution < 1.29 is 9.59 Å². The molecule has 4 N–H and O–H groups in total. The Morgan fingerprint density at radius 1 is 1.10 bits per heavy atom. The van der Waals surface area contributed by atoms with Gasteiger partial charge in [0.1, 0.15) is 0 Å². The third-order valence-corrected chi connectivity index (χ3v) is 4.74. The number of benzene rings is 2. The lowest BCUT2D eigenvalue weighted by Crippen LogP contribution is -2.36. The van der Waals surface area contributed by atoms with Crippen LogP contribution in [0.5, 0.6) is 0 Å². The summed E-state index contributed by atoms with van der Waals surface area (Å²) in [4.78, 5) is 27.9. The lowest BCUT2D eigenvalue weighted by molar-refractivity contribution is -0.121. The molecular weight excluding hydrogens is 390 g/mol. The van der Waals surface area contributed by atoms with Crippen molar-refractivity contribution in [2.75, 3.05) is 0 Å². The second-order valence-corrected chi connectivity index (χ2v) is 7.03. The fourth-order valence-electron chi connectivity index (χ4n) is 3.03. The number of carbonyl (C=O) groups excluding carboxylic acids is 2. The molecule has 8 heteroatoms. The topological polar surface area (TPSA) is 102 Å². The van der Waals surface area contributed by atoms with Crippen LogP contribution in [0.2, 0.25) is 5.02 Å². The normalized spacial score (nSPS) is 11.6. The number of imidazole rings is 1. The van der Waals surface area contributed by atoms with Crippen LogP contribution in [0.3, 0.4) is 0 Å². The molecule has 0 radical (unpaired) electrons. The van der Waals surface area contributed by atoms with Crippen molar-refractivity contribution in [3.63, 3.8) is 0 Å². The molecule has 3 rings (SSSR count). The first-order chi connectivity index (χ1) is 14.0. The first-order valence-corrected chi connectivity index (χ1v) is 9.49. The Hall–Kier alpha value is -3.32. The number of rotatable bonds is 8. The van der Waals surface area contributed by atoms with Crippen molar-refractivity contribution in [3.8, 4) is 0 Å². The number of primary amides is 1. The SMILES string of the molecule is NC(=O)N[C@@H](CC(=O)NCc1ccccc1Cn1ccnc1)c1ccc(Cl)cc1. The van der Waals surface area contributed by atoms with E-state index in [-0.39, 0.29) is 12.3 Å². The van der Waals surface area contributed by atoms with Crippen molar-refractivity contribution in [1.29, 1.82) is 0 Å². The number of aromatic nitrogens is 2. The molecule has 29 heavy (non-hydrogen) atoms. The molecule has 0 fully saturated rings. The van der Waals surface area contributed by atoms with E-state index in [2.05, 4.69) is 15.6 Å². The van der Waals surface area contributed by atoms with E-state index < -0.39 is 12.1 Å². The zero-order valence-corrected chi connectivity index (χ0v) is 16.5. The molecule has 2 aromatic carbocycles. The molecule has 150 valence electrons. The minimum absolute atomic E-state index is 0.0637. The largest absolute Gasteiger partial charge is 0.352 e. The standard InChI is InChI=1S/C21H22ClN5O2/c22-18-7-5-15(6-8-18)19(26-21(23)29)11-20(28)25-12-16-3-1-2-4-17(16)13-27-10-9-24-14-27/h1-10,14,19H,11-13H2,(H,25,28)(H3,23,26,29)/t19-/m0/s1. The molecule has 0 unspecified atom stereocenters. The van der Waals surface area contributed by atoms with Gasteiger partial charge in [-0.3, -0.25) is 4.79 Å². The summed E-state index contributed by atoms with van der Waals surface area (Å²) >= 11 is 5.91. The summed E-state index contributed by atoms with van der Waals surface area (Å²) in [7, 11) is 0. The third-order valence-electron chi connectivity index (χ3n) is 4.48. The Balaban J connectivity index is 1.63. The molecular formula is C21H22ClN5O2. The Kier molecular flexibility index (Phi) is 6.86. The van der Waals surface area contributed by atoms with Crippen LogP contribution in [0, 0.1) is 0 Å². The van der Waals surface area contributed by atoms with Crippen molar-refractivity contribution in [2.45, 2.75) is 25.6 Å². The van der Waals surface area contributed by atoms with E-state index in [1.165, 1.54) is 0 Å². The maximum Gasteiger partial charge on any atom is 0.312 e. The number of nitrogens with two attached hydrogens (primary N) is 1. The van der Waals surface area contributed by atoms with Gasteiger partial charge in [0, 0.05) is 30.5 Å². The first-order valence-electron chi connectivity index (χ1n) is 9.12. The van der Waals surface area contributed by atoms with Gasteiger partial charge < -0.3 is 20.9 Å². The monoisotopic (exact) mass is 411 g/mol. The quantitative estimate of drug-likeness (QED) is 0.531. The minimum Gasteiger partial charge on any atom is -0.352 e. The van der Waals surface area contributed by atoms with Crippen LogP contribution in [0.1, 0.15) is 29.2 Å². The lowest BCUT2D eigenvalue weighted by atomic mass is 10.0. The van der Waals surface area contributed by atoms with E-state index in [0.717, 1.165) is 16.7 Å². The lowest BCUT2D eigenvalue weighted by Gasteiger charge is -2.18. The number of nitrogens with zero attached hydrogens (tertiary/aromatic N) is 2. The molecule has 0 aliphatic rings. The van der Waals surface area contributed by atoms with Crippen LogP contribution in [0.4, 0.5) is 4.79 Å². The number of hydrogen-bond donors (Lipinski definition) is 3. The van der Waals surface area contributed by atoms with Crippen molar-refractivity contribution in [2.24, 2.45) is 5.73 Å². The summed E-state index contributed by atoms with van der Waals surface area (Å²) in [5, 5.41) is 6.11. The highest BCUT2D eigenvalue weighted by atomic mass is 35.5. The highest BCUT2D eigenvalue weighted by Gasteiger charge is 2.17. The predicted octanol–water partition coefficient (Wildman–Crippen LogP) is 3.00. The van der Waals surface area contributed by atoms with Crippen molar-refractivity contribution >= 4 is 23.5 Å². The maximum atomic E-state index is 12.5. The van der Waals surface area contributed by atoms with Crippen LogP contribution >= 0.6 is 11.6 Å². The van der Waals surface area contributed by atoms with Gasteiger partial charge in [0.15, 0.2) is 0 Å². The van der Waals surface area contributed by atoms with E-state index in [4.69, 9.17) is 17.3 Å². The maximum absolute atomic E-state index is 12.5. The molecule has 0 saturated carbocycles. The molecule has 1 heterocycles. The van der Waals surface area contributed by atoms with Crippen LogP contribution in [0.25, 0.3) is 0 Å². The van der Waals surface area contributed by atoms with Gasteiger partial charge in [-0.2, -0.15) is 0 Å². The first kappa shape index (κ1) is 20.4. The van der Waals surface area contributed by atoms with Gasteiger partial charge >= 0.3 is 6.03 Å².